The largest absolute Gasteiger partial charge is 0.490 e. The number of thiazole rings is 1. The summed E-state index contributed by atoms with van der Waals surface area (Å²) >= 11 is 4.61. The van der Waals surface area contributed by atoms with Crippen LogP contribution in [0.3, 0.4) is 0 Å². The first-order valence-corrected chi connectivity index (χ1v) is 14.4. The summed E-state index contributed by atoms with van der Waals surface area (Å²) in [4.78, 5) is 43.9. The van der Waals surface area contributed by atoms with E-state index in [1.54, 1.807) is 56.3 Å². The van der Waals surface area contributed by atoms with Crippen LogP contribution < -0.4 is 29.1 Å². The molecule has 3 aromatic rings. The number of aromatic nitrogens is 1. The Morgan fingerprint density at radius 3 is 2.40 bits per heavy atom. The molecule has 40 heavy (non-hydrogen) atoms. The fourth-order valence-electron chi connectivity index (χ4n) is 4.37. The van der Waals surface area contributed by atoms with Crippen LogP contribution in [0.1, 0.15) is 51.8 Å². The van der Waals surface area contributed by atoms with Crippen molar-refractivity contribution in [1.29, 1.82) is 0 Å². The van der Waals surface area contributed by atoms with Gasteiger partial charge in [0.25, 0.3) is 5.56 Å². The lowest BCUT2D eigenvalue weighted by atomic mass is 9.95. The van der Waals surface area contributed by atoms with Crippen molar-refractivity contribution >= 4 is 45.3 Å². The van der Waals surface area contributed by atoms with Crippen LogP contribution in [0.2, 0.25) is 0 Å². The summed E-state index contributed by atoms with van der Waals surface area (Å²) in [6.07, 6.45) is 1.65. The number of halogens is 1. The summed E-state index contributed by atoms with van der Waals surface area (Å²) in [7, 11) is 0. The van der Waals surface area contributed by atoms with Crippen molar-refractivity contribution in [2.75, 3.05) is 19.8 Å². The van der Waals surface area contributed by atoms with Gasteiger partial charge in [-0.15, -0.1) is 0 Å². The highest BCUT2D eigenvalue weighted by Crippen LogP contribution is 2.36. The molecule has 1 aromatic heterocycles. The molecule has 11 heteroatoms. The number of esters is 2. The Labute approximate surface area is 243 Å². The zero-order valence-corrected chi connectivity index (χ0v) is 25.2. The molecule has 1 atom stereocenters. The van der Waals surface area contributed by atoms with E-state index in [1.165, 1.54) is 22.8 Å². The van der Waals surface area contributed by atoms with E-state index in [4.69, 9.17) is 18.9 Å². The van der Waals surface area contributed by atoms with Gasteiger partial charge in [0, 0.05) is 17.0 Å². The molecule has 2 aromatic carbocycles. The molecule has 1 aliphatic rings. The van der Waals surface area contributed by atoms with E-state index in [1.807, 2.05) is 13.8 Å². The molecule has 0 saturated heterocycles. The lowest BCUT2D eigenvalue weighted by molar-refractivity contribution is -0.139. The minimum absolute atomic E-state index is 0.169. The smallest absolute Gasteiger partial charge is 0.338 e. The molecule has 0 N–H and O–H groups in total. The fourth-order valence-corrected chi connectivity index (χ4v) is 5.78. The number of carbonyl (C=O) groups excluding carboxylic acids is 2. The molecular weight excluding hydrogens is 600 g/mol. The lowest BCUT2D eigenvalue weighted by Crippen LogP contribution is -2.40. The molecule has 0 spiro atoms. The van der Waals surface area contributed by atoms with Crippen LogP contribution in [0, 0.1) is 0 Å². The number of benzene rings is 2. The number of allylic oxidation sites excluding steroid dienone is 1. The predicted molar refractivity (Wildman–Crippen MR) is 155 cm³/mol. The van der Waals surface area contributed by atoms with Gasteiger partial charge < -0.3 is 18.9 Å². The number of fused-ring (bicyclic) bond motifs is 1. The Hall–Kier alpha value is -3.70. The zero-order chi connectivity index (χ0) is 29.0. The minimum atomic E-state index is -0.817. The molecule has 210 valence electrons. The lowest BCUT2D eigenvalue weighted by Gasteiger charge is -2.25. The van der Waals surface area contributed by atoms with Crippen LogP contribution >= 0.6 is 27.3 Å². The van der Waals surface area contributed by atoms with Crippen molar-refractivity contribution < 1.29 is 28.5 Å². The Morgan fingerprint density at radius 2 is 1.73 bits per heavy atom. The first-order chi connectivity index (χ1) is 19.2. The van der Waals surface area contributed by atoms with Gasteiger partial charge in [-0.05, 0) is 69.7 Å². The zero-order valence-electron chi connectivity index (χ0n) is 22.8. The van der Waals surface area contributed by atoms with Crippen LogP contribution in [0.4, 0.5) is 0 Å². The fraction of sp³-hybridized carbons (Fsp3) is 0.310. The second kappa shape index (κ2) is 12.6. The average Bonchev–Trinajstić information content (AvgIpc) is 3.20. The van der Waals surface area contributed by atoms with Crippen LogP contribution in [-0.2, 0) is 14.3 Å². The van der Waals surface area contributed by atoms with Gasteiger partial charge in [-0.25, -0.2) is 9.79 Å². The molecule has 0 saturated carbocycles. The van der Waals surface area contributed by atoms with Gasteiger partial charge in [-0.1, -0.05) is 33.3 Å². The molecule has 9 nitrogen and oxygen atoms in total. The van der Waals surface area contributed by atoms with Gasteiger partial charge >= 0.3 is 11.9 Å². The third kappa shape index (κ3) is 6.05. The van der Waals surface area contributed by atoms with E-state index in [9.17, 15) is 14.4 Å². The third-order valence-electron chi connectivity index (χ3n) is 5.91. The van der Waals surface area contributed by atoms with E-state index < -0.39 is 18.0 Å². The number of hydrogen-bond donors (Lipinski definition) is 0. The summed E-state index contributed by atoms with van der Waals surface area (Å²) in [6, 6.07) is 9.68. The predicted octanol–water partition coefficient (Wildman–Crippen LogP) is 4.28. The van der Waals surface area contributed by atoms with Gasteiger partial charge in [-0.3, -0.25) is 14.2 Å². The minimum Gasteiger partial charge on any atom is -0.490 e. The van der Waals surface area contributed by atoms with Crippen molar-refractivity contribution in [3.63, 3.8) is 0 Å². The molecule has 1 aliphatic heterocycles. The second-order valence-corrected chi connectivity index (χ2v) is 10.6. The topological polar surface area (TPSA) is 105 Å². The molecule has 0 amide bonds. The molecule has 4 rings (SSSR count). The van der Waals surface area contributed by atoms with Gasteiger partial charge in [0.05, 0.1) is 41.7 Å². The van der Waals surface area contributed by atoms with Crippen LogP contribution in [-0.4, -0.2) is 36.3 Å². The highest BCUT2D eigenvalue weighted by Gasteiger charge is 2.34. The van der Waals surface area contributed by atoms with Gasteiger partial charge in [-0.2, -0.15) is 0 Å². The van der Waals surface area contributed by atoms with Gasteiger partial charge in [0.2, 0.25) is 0 Å². The molecule has 0 aliphatic carbocycles. The number of ether oxygens (including phenoxy) is 4. The van der Waals surface area contributed by atoms with E-state index in [-0.39, 0.29) is 17.7 Å². The number of nitrogens with zero attached hydrogens (tertiary/aromatic N) is 2. The highest BCUT2D eigenvalue weighted by molar-refractivity contribution is 9.10. The monoisotopic (exact) mass is 628 g/mol. The summed E-state index contributed by atoms with van der Waals surface area (Å²) < 4.78 is 24.9. The van der Waals surface area contributed by atoms with Crippen LogP contribution in [0.25, 0.3) is 6.08 Å². The summed E-state index contributed by atoms with van der Waals surface area (Å²) in [5, 5.41) is 0. The van der Waals surface area contributed by atoms with Crippen molar-refractivity contribution in [2.24, 2.45) is 4.99 Å². The van der Waals surface area contributed by atoms with Crippen molar-refractivity contribution in [3.05, 3.63) is 83.0 Å². The number of carbonyl (C=O) groups is 2. The number of rotatable bonds is 9. The van der Waals surface area contributed by atoms with E-state index in [2.05, 4.69) is 20.9 Å². The Kier molecular flexibility index (Phi) is 9.26. The van der Waals surface area contributed by atoms with E-state index >= 15 is 0 Å². The molecule has 2 heterocycles. The maximum atomic E-state index is 14.0. The van der Waals surface area contributed by atoms with Gasteiger partial charge in [0.15, 0.2) is 16.3 Å². The van der Waals surface area contributed by atoms with E-state index in [0.717, 1.165) is 4.47 Å². The van der Waals surface area contributed by atoms with Crippen LogP contribution in [0.5, 0.6) is 17.2 Å². The van der Waals surface area contributed by atoms with Crippen LogP contribution in [0.15, 0.2) is 61.9 Å². The van der Waals surface area contributed by atoms with Crippen molar-refractivity contribution in [1.82, 2.24) is 4.57 Å². The quantitative estimate of drug-likeness (QED) is 0.257. The molecule has 0 bridgehead atoms. The average molecular weight is 630 g/mol. The Bertz CT molecular complexity index is 1670. The maximum absolute atomic E-state index is 14.0. The normalized spacial score (nSPS) is 14.8. The second-order valence-electron chi connectivity index (χ2n) is 8.65. The highest BCUT2D eigenvalue weighted by atomic mass is 79.9. The summed E-state index contributed by atoms with van der Waals surface area (Å²) in [5.74, 6) is 0.343. The standard InChI is InChI=1S/C29H29BrN2O7S/c1-6-36-22-11-9-18(14-23(22)37-7-2)26-25(28(35)38-8-3)16(4)31-29-32(26)27(34)24(40-29)15-19-13-20(30)10-12-21(19)39-17(5)33/h9-15,26H,6-8H2,1-5H3/b24-15-/t26-/m1/s1. The first-order valence-electron chi connectivity index (χ1n) is 12.8. The number of hydrogen-bond acceptors (Lipinski definition) is 9. The Balaban J connectivity index is 1.97. The van der Waals surface area contributed by atoms with Gasteiger partial charge in [0.1, 0.15) is 5.75 Å². The first kappa shape index (κ1) is 29.3. The molecule has 0 fully saturated rings. The van der Waals surface area contributed by atoms with Crippen molar-refractivity contribution in [3.8, 4) is 17.2 Å². The molecule has 0 radical (unpaired) electrons. The SMILES string of the molecule is CCOC(=O)C1=C(C)N=c2s/c(=C\c3cc(Br)ccc3OC(C)=O)c(=O)n2[C@@H]1c1ccc(OCC)c(OCC)c1. The van der Waals surface area contributed by atoms with Crippen molar-refractivity contribution in [2.45, 2.75) is 40.7 Å². The molecular formula is C29H29BrN2O7S. The third-order valence-corrected chi connectivity index (χ3v) is 7.39. The Morgan fingerprint density at radius 1 is 1.02 bits per heavy atom. The summed E-state index contributed by atoms with van der Waals surface area (Å²) in [6.45, 7) is 9.53. The summed E-state index contributed by atoms with van der Waals surface area (Å²) in [5.41, 5.74) is 1.53. The molecule has 0 unspecified atom stereocenters. The maximum Gasteiger partial charge on any atom is 0.338 e. The van der Waals surface area contributed by atoms with E-state index in [0.29, 0.717) is 56.6 Å².